The van der Waals surface area contributed by atoms with Crippen molar-refractivity contribution in [3.8, 4) is 11.5 Å². The number of methoxy groups -OCH3 is 1. The fraction of sp³-hybridized carbons (Fsp3) is 0.680. The van der Waals surface area contributed by atoms with Crippen LogP contribution in [0.25, 0.3) is 10.9 Å². The molecule has 2 saturated heterocycles. The molecule has 2 aliphatic rings. The minimum Gasteiger partial charge on any atom is -0.493 e. The average molecular weight is 458 g/mol. The molecule has 3 heterocycles. The van der Waals surface area contributed by atoms with Gasteiger partial charge in [0.1, 0.15) is 5.82 Å². The molecule has 0 aliphatic carbocycles. The number of unbranched alkanes of at least 4 members (excludes halogenated alkanes) is 2. The SMILES string of the molecule is COc1cc2c(NCCCCCN3CCCC3)nc(N3CCCC3)nc2cc1OCCCO. The monoisotopic (exact) mass is 457 g/mol. The van der Waals surface area contributed by atoms with Crippen molar-refractivity contribution in [2.75, 3.05) is 69.8 Å². The molecule has 0 atom stereocenters. The maximum atomic E-state index is 9.08. The Kier molecular flexibility index (Phi) is 8.83. The molecule has 0 saturated carbocycles. The Morgan fingerprint density at radius 3 is 2.48 bits per heavy atom. The lowest BCUT2D eigenvalue weighted by Gasteiger charge is -2.19. The lowest BCUT2D eigenvalue weighted by atomic mass is 10.2. The number of ether oxygens (including phenoxy) is 2. The normalized spacial score (nSPS) is 16.6. The number of aliphatic hydroxyl groups is 1. The first-order valence-corrected chi connectivity index (χ1v) is 12.6. The summed E-state index contributed by atoms with van der Waals surface area (Å²) in [4.78, 5) is 14.6. The first kappa shape index (κ1) is 23.8. The summed E-state index contributed by atoms with van der Waals surface area (Å²) in [6.45, 7) is 7.20. The standard InChI is InChI=1S/C25H39N5O3/c1-32-22-18-20-21(19-23(22)33-17-9-16-31)27-25(30-14-7-8-15-30)28-24(20)26-10-3-2-4-11-29-12-5-6-13-29/h18-19,31H,2-17H2,1H3,(H,26,27,28). The van der Waals surface area contributed by atoms with Crippen LogP contribution in [0.5, 0.6) is 11.5 Å². The molecule has 8 nitrogen and oxygen atoms in total. The van der Waals surface area contributed by atoms with E-state index in [0.29, 0.717) is 24.5 Å². The summed E-state index contributed by atoms with van der Waals surface area (Å²) in [5.41, 5.74) is 0.850. The molecule has 1 aromatic heterocycles. The van der Waals surface area contributed by atoms with Crippen molar-refractivity contribution in [1.82, 2.24) is 14.9 Å². The second-order valence-electron chi connectivity index (χ2n) is 9.05. The first-order valence-electron chi connectivity index (χ1n) is 12.6. The van der Waals surface area contributed by atoms with Crippen LogP contribution in [-0.2, 0) is 0 Å². The summed E-state index contributed by atoms with van der Waals surface area (Å²) >= 11 is 0. The number of hydrogen-bond acceptors (Lipinski definition) is 8. The third-order valence-corrected chi connectivity index (χ3v) is 6.56. The van der Waals surface area contributed by atoms with Crippen molar-refractivity contribution < 1.29 is 14.6 Å². The Balaban J connectivity index is 1.47. The highest BCUT2D eigenvalue weighted by Crippen LogP contribution is 2.35. The van der Waals surface area contributed by atoms with Crippen LogP contribution < -0.4 is 19.7 Å². The largest absolute Gasteiger partial charge is 0.493 e. The third kappa shape index (κ3) is 6.38. The molecule has 0 spiro atoms. The van der Waals surface area contributed by atoms with Gasteiger partial charge in [-0.1, -0.05) is 6.42 Å². The van der Waals surface area contributed by atoms with Gasteiger partial charge >= 0.3 is 0 Å². The van der Waals surface area contributed by atoms with Crippen molar-refractivity contribution in [3.63, 3.8) is 0 Å². The summed E-state index contributed by atoms with van der Waals surface area (Å²) in [5.74, 6) is 2.95. The smallest absolute Gasteiger partial charge is 0.227 e. The molecule has 4 rings (SSSR count). The average Bonchev–Trinajstić information content (AvgIpc) is 3.55. The molecule has 33 heavy (non-hydrogen) atoms. The van der Waals surface area contributed by atoms with Gasteiger partial charge in [0, 0.05) is 44.1 Å². The lowest BCUT2D eigenvalue weighted by molar-refractivity contribution is 0.228. The Morgan fingerprint density at radius 1 is 0.939 bits per heavy atom. The maximum Gasteiger partial charge on any atom is 0.227 e. The molecule has 182 valence electrons. The molecular weight excluding hydrogens is 418 g/mol. The molecule has 0 bridgehead atoms. The highest BCUT2D eigenvalue weighted by molar-refractivity contribution is 5.92. The first-order chi connectivity index (χ1) is 16.3. The van der Waals surface area contributed by atoms with Crippen molar-refractivity contribution in [3.05, 3.63) is 12.1 Å². The number of aliphatic hydroxyl groups excluding tert-OH is 1. The fourth-order valence-corrected chi connectivity index (χ4v) is 4.69. The van der Waals surface area contributed by atoms with E-state index >= 15 is 0 Å². The van der Waals surface area contributed by atoms with Gasteiger partial charge in [0.2, 0.25) is 5.95 Å². The van der Waals surface area contributed by atoms with E-state index in [1.54, 1.807) is 7.11 Å². The summed E-state index contributed by atoms with van der Waals surface area (Å²) in [5, 5.41) is 13.6. The van der Waals surface area contributed by atoms with E-state index in [9.17, 15) is 0 Å². The Morgan fingerprint density at radius 2 is 1.73 bits per heavy atom. The molecule has 1 aromatic carbocycles. The van der Waals surface area contributed by atoms with Gasteiger partial charge in [0.15, 0.2) is 11.5 Å². The Hall–Kier alpha value is -2.32. The number of anilines is 2. The summed E-state index contributed by atoms with van der Waals surface area (Å²) < 4.78 is 11.5. The van der Waals surface area contributed by atoms with E-state index in [2.05, 4.69) is 15.1 Å². The number of nitrogens with one attached hydrogen (secondary N) is 1. The van der Waals surface area contributed by atoms with Crippen LogP contribution in [0.2, 0.25) is 0 Å². The van der Waals surface area contributed by atoms with Crippen LogP contribution in [-0.4, -0.2) is 79.6 Å². The minimum atomic E-state index is 0.100. The molecule has 2 fully saturated rings. The van der Waals surface area contributed by atoms with E-state index in [-0.39, 0.29) is 6.61 Å². The number of likely N-dealkylation sites (tertiary alicyclic amines) is 1. The molecule has 2 aromatic rings. The van der Waals surface area contributed by atoms with Gasteiger partial charge in [-0.25, -0.2) is 4.98 Å². The van der Waals surface area contributed by atoms with Crippen LogP contribution in [0, 0.1) is 0 Å². The van der Waals surface area contributed by atoms with Gasteiger partial charge in [-0.15, -0.1) is 0 Å². The molecule has 2 N–H and O–H groups in total. The van der Waals surface area contributed by atoms with E-state index in [1.165, 1.54) is 58.2 Å². The van der Waals surface area contributed by atoms with Gasteiger partial charge in [0.05, 0.1) is 19.2 Å². The quantitative estimate of drug-likeness (QED) is 0.441. The zero-order chi connectivity index (χ0) is 22.9. The van der Waals surface area contributed by atoms with Gasteiger partial charge in [-0.05, 0) is 64.2 Å². The Labute approximate surface area is 197 Å². The zero-order valence-corrected chi connectivity index (χ0v) is 20.0. The second-order valence-corrected chi connectivity index (χ2v) is 9.05. The van der Waals surface area contributed by atoms with Gasteiger partial charge in [0.25, 0.3) is 0 Å². The second kappa shape index (κ2) is 12.2. The molecular formula is C25H39N5O3. The van der Waals surface area contributed by atoms with E-state index in [0.717, 1.165) is 48.7 Å². The minimum absolute atomic E-state index is 0.100. The summed E-state index contributed by atoms with van der Waals surface area (Å²) in [6.07, 6.45) is 9.26. The van der Waals surface area contributed by atoms with Crippen molar-refractivity contribution in [2.24, 2.45) is 0 Å². The summed E-state index contributed by atoms with van der Waals surface area (Å²) in [6, 6.07) is 3.90. The number of benzene rings is 1. The fourth-order valence-electron chi connectivity index (χ4n) is 4.69. The zero-order valence-electron chi connectivity index (χ0n) is 20.0. The summed E-state index contributed by atoms with van der Waals surface area (Å²) in [7, 11) is 1.65. The van der Waals surface area contributed by atoms with Gasteiger partial charge < -0.3 is 29.7 Å². The molecule has 2 aliphatic heterocycles. The van der Waals surface area contributed by atoms with Crippen molar-refractivity contribution >= 4 is 22.7 Å². The molecule has 8 heteroatoms. The van der Waals surface area contributed by atoms with E-state index < -0.39 is 0 Å². The van der Waals surface area contributed by atoms with Gasteiger partial charge in [-0.2, -0.15) is 4.98 Å². The van der Waals surface area contributed by atoms with Crippen LogP contribution >= 0.6 is 0 Å². The lowest BCUT2D eigenvalue weighted by Crippen LogP contribution is -2.21. The number of fused-ring (bicyclic) bond motifs is 1. The number of hydrogen-bond donors (Lipinski definition) is 2. The van der Waals surface area contributed by atoms with Crippen molar-refractivity contribution in [1.29, 1.82) is 0 Å². The van der Waals surface area contributed by atoms with Crippen molar-refractivity contribution in [2.45, 2.75) is 51.4 Å². The highest BCUT2D eigenvalue weighted by Gasteiger charge is 2.19. The maximum absolute atomic E-state index is 9.08. The third-order valence-electron chi connectivity index (χ3n) is 6.56. The molecule has 0 amide bonds. The molecule has 0 radical (unpaired) electrons. The number of aromatic nitrogens is 2. The van der Waals surface area contributed by atoms with E-state index in [4.69, 9.17) is 24.5 Å². The molecule has 0 unspecified atom stereocenters. The van der Waals surface area contributed by atoms with E-state index in [1.807, 2.05) is 12.1 Å². The highest BCUT2D eigenvalue weighted by atomic mass is 16.5. The number of nitrogens with zero attached hydrogens (tertiary/aromatic N) is 4. The van der Waals surface area contributed by atoms with Crippen LogP contribution in [0.3, 0.4) is 0 Å². The Bertz CT molecular complexity index is 882. The van der Waals surface area contributed by atoms with Crippen LogP contribution in [0.1, 0.15) is 51.4 Å². The number of rotatable bonds is 13. The predicted molar refractivity (Wildman–Crippen MR) is 133 cm³/mol. The predicted octanol–water partition coefficient (Wildman–Crippen LogP) is 3.68. The van der Waals surface area contributed by atoms with Gasteiger partial charge in [-0.3, -0.25) is 0 Å². The van der Waals surface area contributed by atoms with Crippen LogP contribution in [0.15, 0.2) is 12.1 Å². The topological polar surface area (TPSA) is 83.0 Å². The van der Waals surface area contributed by atoms with Crippen LogP contribution in [0.4, 0.5) is 11.8 Å².